The lowest BCUT2D eigenvalue weighted by Gasteiger charge is -2.20. The first kappa shape index (κ1) is 23.1. The van der Waals surface area contributed by atoms with Gasteiger partial charge in [-0.25, -0.2) is 13.6 Å². The maximum Gasteiger partial charge on any atom is 0.279 e. The normalized spacial score (nSPS) is 12.5. The largest absolute Gasteiger partial charge is 0.383 e. The van der Waals surface area contributed by atoms with Crippen molar-refractivity contribution in [3.8, 4) is 0 Å². The van der Waals surface area contributed by atoms with Crippen LogP contribution in [0.5, 0.6) is 0 Å². The van der Waals surface area contributed by atoms with E-state index in [2.05, 4.69) is 23.7 Å². The Kier molecular flexibility index (Phi) is 7.26. The average Bonchev–Trinajstić information content (AvgIpc) is 3.09. The number of amides is 1. The Bertz CT molecular complexity index is 1240. The van der Waals surface area contributed by atoms with Crippen LogP contribution in [-0.2, 0) is 21.3 Å². The van der Waals surface area contributed by atoms with Gasteiger partial charge in [0.25, 0.3) is 5.91 Å². The number of rotatable bonds is 8. The van der Waals surface area contributed by atoms with E-state index >= 15 is 0 Å². The lowest BCUT2D eigenvalue weighted by atomic mass is 10.2. The van der Waals surface area contributed by atoms with E-state index in [0.717, 1.165) is 24.3 Å². The summed E-state index contributed by atoms with van der Waals surface area (Å²) in [5.74, 6) is -0.365. The van der Waals surface area contributed by atoms with Crippen LogP contribution in [0.25, 0.3) is 10.2 Å². The molecule has 3 rings (SSSR count). The summed E-state index contributed by atoms with van der Waals surface area (Å²) >= 11 is 1.23. The fraction of sp³-hybridized carbons (Fsp3) is 0.333. The molecule has 0 bridgehead atoms. The smallest absolute Gasteiger partial charge is 0.279 e. The number of anilines is 1. The lowest BCUT2D eigenvalue weighted by Crippen LogP contribution is -2.21. The summed E-state index contributed by atoms with van der Waals surface area (Å²) < 4.78 is 31.1. The molecule has 166 valence electrons. The minimum Gasteiger partial charge on any atom is -0.383 e. The van der Waals surface area contributed by atoms with E-state index in [-0.39, 0.29) is 10.8 Å². The van der Waals surface area contributed by atoms with Crippen LogP contribution in [0.2, 0.25) is 0 Å². The van der Waals surface area contributed by atoms with E-state index < -0.39 is 10.0 Å². The standard InChI is InChI=1S/C21H26N4O4S2/c1-4-24(5-2)16-8-6-15(7-9-16)20(26)23-21-25(12-13-29-3)18-11-10-17(31(22,27)28)14-19(18)30-21/h6-11,14H,4-5,12-13H2,1-3H3,(H2,22,27,28). The van der Waals surface area contributed by atoms with Crippen LogP contribution in [0.1, 0.15) is 24.2 Å². The summed E-state index contributed by atoms with van der Waals surface area (Å²) in [6, 6.07) is 12.0. The molecule has 0 radical (unpaired) electrons. The number of hydrogen-bond acceptors (Lipinski definition) is 6. The van der Waals surface area contributed by atoms with Gasteiger partial charge in [-0.15, -0.1) is 0 Å². The zero-order chi connectivity index (χ0) is 22.6. The van der Waals surface area contributed by atoms with Gasteiger partial charge in [0.2, 0.25) is 10.0 Å². The average molecular weight is 463 g/mol. The highest BCUT2D eigenvalue weighted by Crippen LogP contribution is 2.22. The molecule has 3 aromatic rings. The highest BCUT2D eigenvalue weighted by atomic mass is 32.2. The number of primary sulfonamides is 1. The SMILES string of the molecule is CCN(CC)c1ccc(C(=O)N=c2sc3cc(S(N)(=O)=O)ccc3n2CCOC)cc1. The Labute approximate surface area is 185 Å². The van der Waals surface area contributed by atoms with E-state index in [1.807, 2.05) is 16.7 Å². The maximum absolute atomic E-state index is 12.8. The van der Waals surface area contributed by atoms with Crippen LogP contribution in [0.4, 0.5) is 5.69 Å². The van der Waals surface area contributed by atoms with E-state index in [1.54, 1.807) is 25.3 Å². The van der Waals surface area contributed by atoms with Crippen molar-refractivity contribution in [3.63, 3.8) is 0 Å². The predicted octanol–water partition coefficient (Wildman–Crippen LogP) is 2.58. The van der Waals surface area contributed by atoms with E-state index in [0.29, 0.717) is 28.2 Å². The number of sulfonamides is 1. The molecule has 1 aromatic heterocycles. The van der Waals surface area contributed by atoms with E-state index in [1.165, 1.54) is 23.5 Å². The number of hydrogen-bond donors (Lipinski definition) is 1. The Hall–Kier alpha value is -2.53. The molecule has 31 heavy (non-hydrogen) atoms. The van der Waals surface area contributed by atoms with Crippen molar-refractivity contribution >= 4 is 43.2 Å². The van der Waals surface area contributed by atoms with Gasteiger partial charge in [-0.05, 0) is 56.3 Å². The van der Waals surface area contributed by atoms with Crippen LogP contribution in [0.3, 0.4) is 0 Å². The van der Waals surface area contributed by atoms with Gasteiger partial charge in [-0.2, -0.15) is 4.99 Å². The second-order valence-electron chi connectivity index (χ2n) is 6.84. The Morgan fingerprint density at radius 3 is 2.42 bits per heavy atom. The number of thiazole rings is 1. The first-order valence-corrected chi connectivity index (χ1v) is 12.2. The van der Waals surface area contributed by atoms with Crippen molar-refractivity contribution in [2.24, 2.45) is 10.1 Å². The molecule has 0 aliphatic rings. The van der Waals surface area contributed by atoms with Gasteiger partial charge < -0.3 is 14.2 Å². The van der Waals surface area contributed by atoms with Gasteiger partial charge in [-0.3, -0.25) is 4.79 Å². The van der Waals surface area contributed by atoms with Crippen molar-refractivity contribution in [1.82, 2.24) is 4.57 Å². The highest BCUT2D eigenvalue weighted by Gasteiger charge is 2.14. The zero-order valence-corrected chi connectivity index (χ0v) is 19.4. The quantitative estimate of drug-likeness (QED) is 0.554. The van der Waals surface area contributed by atoms with Crippen molar-refractivity contribution < 1.29 is 17.9 Å². The van der Waals surface area contributed by atoms with Crippen molar-refractivity contribution in [2.75, 3.05) is 31.7 Å². The third kappa shape index (κ3) is 5.21. The van der Waals surface area contributed by atoms with E-state index in [4.69, 9.17) is 9.88 Å². The van der Waals surface area contributed by atoms with Crippen molar-refractivity contribution in [3.05, 3.63) is 52.8 Å². The molecule has 0 aliphatic carbocycles. The molecule has 1 heterocycles. The molecule has 0 atom stereocenters. The monoisotopic (exact) mass is 462 g/mol. The van der Waals surface area contributed by atoms with Gasteiger partial charge in [-0.1, -0.05) is 11.3 Å². The van der Waals surface area contributed by atoms with Gasteiger partial charge in [0.05, 0.1) is 21.7 Å². The van der Waals surface area contributed by atoms with Crippen LogP contribution in [0.15, 0.2) is 52.4 Å². The molecule has 1 amide bonds. The third-order valence-electron chi connectivity index (χ3n) is 4.94. The Balaban J connectivity index is 2.04. The Morgan fingerprint density at radius 1 is 1.16 bits per heavy atom. The number of benzene rings is 2. The summed E-state index contributed by atoms with van der Waals surface area (Å²) in [6.07, 6.45) is 0. The number of aromatic nitrogens is 1. The molecule has 0 unspecified atom stereocenters. The molecule has 2 N–H and O–H groups in total. The summed E-state index contributed by atoms with van der Waals surface area (Å²) in [4.78, 5) is 19.8. The van der Waals surface area contributed by atoms with Gasteiger partial charge >= 0.3 is 0 Å². The number of nitrogens with zero attached hydrogens (tertiary/aromatic N) is 3. The van der Waals surface area contributed by atoms with Gasteiger partial charge in [0, 0.05) is 38.0 Å². The highest BCUT2D eigenvalue weighted by molar-refractivity contribution is 7.89. The molecule has 0 fully saturated rings. The second kappa shape index (κ2) is 9.73. The minimum atomic E-state index is -3.83. The Morgan fingerprint density at radius 2 is 1.84 bits per heavy atom. The van der Waals surface area contributed by atoms with Gasteiger partial charge in [0.15, 0.2) is 4.80 Å². The molecule has 0 aliphatic heterocycles. The topological polar surface area (TPSA) is 107 Å². The predicted molar refractivity (Wildman–Crippen MR) is 123 cm³/mol. The third-order valence-corrected chi connectivity index (χ3v) is 6.89. The first-order valence-electron chi connectivity index (χ1n) is 9.87. The number of nitrogens with two attached hydrogens (primary N) is 1. The minimum absolute atomic E-state index is 0.0185. The molecule has 8 nitrogen and oxygen atoms in total. The number of fused-ring (bicyclic) bond motifs is 1. The fourth-order valence-electron chi connectivity index (χ4n) is 3.27. The summed E-state index contributed by atoms with van der Waals surface area (Å²) in [7, 11) is -2.23. The lowest BCUT2D eigenvalue weighted by molar-refractivity contribution is 0.0997. The number of ether oxygens (including phenoxy) is 1. The molecular formula is C21H26N4O4S2. The molecule has 0 saturated heterocycles. The van der Waals surface area contributed by atoms with Crippen LogP contribution in [0, 0.1) is 0 Å². The molecule has 0 spiro atoms. The van der Waals surface area contributed by atoms with E-state index in [9.17, 15) is 13.2 Å². The van der Waals surface area contributed by atoms with Crippen molar-refractivity contribution in [2.45, 2.75) is 25.3 Å². The first-order chi connectivity index (χ1) is 14.8. The van der Waals surface area contributed by atoms with Crippen LogP contribution >= 0.6 is 11.3 Å². The number of methoxy groups -OCH3 is 1. The molecular weight excluding hydrogens is 436 g/mol. The fourth-order valence-corrected chi connectivity index (χ4v) is 4.98. The van der Waals surface area contributed by atoms with Gasteiger partial charge in [0.1, 0.15) is 0 Å². The molecule has 0 saturated carbocycles. The van der Waals surface area contributed by atoms with Crippen LogP contribution in [-0.4, -0.2) is 45.7 Å². The molecule has 2 aromatic carbocycles. The number of carbonyl (C=O) groups is 1. The zero-order valence-electron chi connectivity index (χ0n) is 17.7. The van der Waals surface area contributed by atoms with Crippen molar-refractivity contribution in [1.29, 1.82) is 0 Å². The molecule has 10 heteroatoms. The summed E-state index contributed by atoms with van der Waals surface area (Å²) in [5.41, 5.74) is 2.30. The maximum atomic E-state index is 12.8. The summed E-state index contributed by atoms with van der Waals surface area (Å²) in [6.45, 7) is 6.83. The summed E-state index contributed by atoms with van der Waals surface area (Å²) in [5, 5.41) is 5.25. The van der Waals surface area contributed by atoms with Crippen LogP contribution < -0.4 is 14.8 Å². The second-order valence-corrected chi connectivity index (χ2v) is 9.41. The number of carbonyl (C=O) groups excluding carboxylic acids is 1.